The third kappa shape index (κ3) is 2.27. The van der Waals surface area contributed by atoms with E-state index in [1.807, 2.05) is 12.1 Å². The fraction of sp³-hybridized carbons (Fsp3) is 0.286. The molecule has 1 aromatic heterocycles. The lowest BCUT2D eigenvalue weighted by Gasteiger charge is -2.10. The van der Waals surface area contributed by atoms with Gasteiger partial charge in [-0.15, -0.1) is 0 Å². The van der Waals surface area contributed by atoms with Gasteiger partial charge in [0.2, 0.25) is 0 Å². The van der Waals surface area contributed by atoms with Gasteiger partial charge >= 0.3 is 0 Å². The molecule has 1 heterocycles. The number of rotatable bonds is 3. The molecular formula is C14H15NO. The summed E-state index contributed by atoms with van der Waals surface area (Å²) in [7, 11) is 0. The molecule has 1 atom stereocenters. The minimum absolute atomic E-state index is 0.230. The zero-order valence-corrected chi connectivity index (χ0v) is 9.60. The fourth-order valence-electron chi connectivity index (χ4n) is 1.94. The minimum Gasteiger partial charge on any atom is -0.300 e. The Morgan fingerprint density at radius 2 is 2.19 bits per heavy atom. The molecule has 2 heteroatoms. The van der Waals surface area contributed by atoms with Gasteiger partial charge in [-0.2, -0.15) is 0 Å². The van der Waals surface area contributed by atoms with Crippen molar-refractivity contribution in [3.05, 3.63) is 42.1 Å². The predicted molar refractivity (Wildman–Crippen MR) is 65.5 cm³/mol. The molecule has 2 nitrogen and oxygen atoms in total. The van der Waals surface area contributed by atoms with Gasteiger partial charge in [0.05, 0.1) is 5.52 Å². The van der Waals surface area contributed by atoms with Gasteiger partial charge in [-0.25, -0.2) is 0 Å². The van der Waals surface area contributed by atoms with E-state index in [1.54, 1.807) is 13.1 Å². The summed E-state index contributed by atoms with van der Waals surface area (Å²) < 4.78 is 0. The monoisotopic (exact) mass is 213 g/mol. The van der Waals surface area contributed by atoms with Crippen molar-refractivity contribution in [1.82, 2.24) is 4.98 Å². The van der Waals surface area contributed by atoms with E-state index >= 15 is 0 Å². The van der Waals surface area contributed by atoms with Gasteiger partial charge in [0, 0.05) is 18.0 Å². The maximum Gasteiger partial charge on any atom is 0.130 e. The summed E-state index contributed by atoms with van der Waals surface area (Å²) in [5.74, 6) is 0.498. The number of nitrogens with zero attached hydrogens (tertiary/aromatic N) is 1. The quantitative estimate of drug-likeness (QED) is 0.782. The number of aromatic nitrogens is 1. The second-order valence-electron chi connectivity index (χ2n) is 4.26. The Morgan fingerprint density at radius 3 is 2.94 bits per heavy atom. The standard InChI is InChI=1S/C14H15NO/c1-10(8-11(2)16)13-6-5-12-4-3-7-15-14(12)9-13/h3-7,9-10H,8H2,1-2H3. The smallest absolute Gasteiger partial charge is 0.130 e. The van der Waals surface area contributed by atoms with Gasteiger partial charge < -0.3 is 4.79 Å². The number of pyridine rings is 1. The molecule has 2 rings (SSSR count). The number of hydrogen-bond acceptors (Lipinski definition) is 2. The largest absolute Gasteiger partial charge is 0.300 e. The van der Waals surface area contributed by atoms with Crippen LogP contribution in [0.15, 0.2) is 36.5 Å². The van der Waals surface area contributed by atoms with Crippen molar-refractivity contribution in [3.8, 4) is 0 Å². The molecule has 0 fully saturated rings. The maximum atomic E-state index is 11.1. The third-order valence-electron chi connectivity index (χ3n) is 2.79. The molecule has 0 amide bonds. The molecule has 0 aliphatic rings. The molecule has 1 unspecified atom stereocenters. The first-order valence-electron chi connectivity index (χ1n) is 5.51. The van der Waals surface area contributed by atoms with Crippen LogP contribution >= 0.6 is 0 Å². The lowest BCUT2D eigenvalue weighted by Crippen LogP contribution is -2.00. The summed E-state index contributed by atoms with van der Waals surface area (Å²) in [6.07, 6.45) is 2.39. The van der Waals surface area contributed by atoms with Crippen LogP contribution in [-0.2, 0) is 4.79 Å². The van der Waals surface area contributed by atoms with Gasteiger partial charge in [-0.1, -0.05) is 25.1 Å². The van der Waals surface area contributed by atoms with Crippen LogP contribution in [0.25, 0.3) is 10.9 Å². The molecule has 0 aliphatic carbocycles. The van der Waals surface area contributed by atoms with Crippen LogP contribution in [0.2, 0.25) is 0 Å². The van der Waals surface area contributed by atoms with Crippen LogP contribution in [0.4, 0.5) is 0 Å². The SMILES string of the molecule is CC(=O)CC(C)c1ccc2cccnc2c1. The normalized spacial score (nSPS) is 12.6. The molecule has 82 valence electrons. The molecule has 1 aromatic carbocycles. The Bertz CT molecular complexity index is 519. The molecule has 0 bridgehead atoms. The Morgan fingerprint density at radius 1 is 1.38 bits per heavy atom. The second kappa shape index (κ2) is 4.44. The number of ketones is 1. The summed E-state index contributed by atoms with van der Waals surface area (Å²) in [6.45, 7) is 3.71. The van der Waals surface area contributed by atoms with E-state index in [9.17, 15) is 4.79 Å². The summed E-state index contributed by atoms with van der Waals surface area (Å²) in [6, 6.07) is 10.2. The van der Waals surface area contributed by atoms with Crippen molar-refractivity contribution in [2.75, 3.05) is 0 Å². The van der Waals surface area contributed by atoms with E-state index in [0.29, 0.717) is 6.42 Å². The highest BCUT2D eigenvalue weighted by atomic mass is 16.1. The second-order valence-corrected chi connectivity index (χ2v) is 4.26. The zero-order valence-electron chi connectivity index (χ0n) is 9.60. The molecule has 0 aliphatic heterocycles. The molecule has 0 saturated carbocycles. The number of carbonyl (C=O) groups excluding carboxylic acids is 1. The highest BCUT2D eigenvalue weighted by Gasteiger charge is 2.08. The average molecular weight is 213 g/mol. The molecule has 0 N–H and O–H groups in total. The molecular weight excluding hydrogens is 198 g/mol. The molecule has 2 aromatic rings. The van der Waals surface area contributed by atoms with E-state index in [2.05, 4.69) is 30.1 Å². The number of fused-ring (bicyclic) bond motifs is 1. The lowest BCUT2D eigenvalue weighted by atomic mass is 9.95. The van der Waals surface area contributed by atoms with Crippen LogP contribution in [-0.4, -0.2) is 10.8 Å². The maximum absolute atomic E-state index is 11.1. The van der Waals surface area contributed by atoms with Crippen molar-refractivity contribution in [2.45, 2.75) is 26.2 Å². The van der Waals surface area contributed by atoms with Crippen LogP contribution in [0.1, 0.15) is 31.7 Å². The fourth-order valence-corrected chi connectivity index (χ4v) is 1.94. The number of Topliss-reactive ketones (excluding diaryl/α,β-unsaturated/α-hetero) is 1. The Balaban J connectivity index is 2.35. The van der Waals surface area contributed by atoms with Crippen LogP contribution in [0, 0.1) is 0 Å². The first-order valence-corrected chi connectivity index (χ1v) is 5.51. The van der Waals surface area contributed by atoms with Gasteiger partial charge in [-0.05, 0) is 30.5 Å². The Labute approximate surface area is 95.3 Å². The van der Waals surface area contributed by atoms with Crippen LogP contribution < -0.4 is 0 Å². The van der Waals surface area contributed by atoms with E-state index in [4.69, 9.17) is 0 Å². The number of carbonyl (C=O) groups is 1. The topological polar surface area (TPSA) is 30.0 Å². The summed E-state index contributed by atoms with van der Waals surface area (Å²) in [5, 5.41) is 1.14. The van der Waals surface area contributed by atoms with E-state index in [1.165, 1.54) is 5.56 Å². The van der Waals surface area contributed by atoms with Crippen molar-refractivity contribution in [3.63, 3.8) is 0 Å². The Kier molecular flexibility index (Phi) is 3.00. The van der Waals surface area contributed by atoms with Gasteiger partial charge in [0.15, 0.2) is 0 Å². The third-order valence-corrected chi connectivity index (χ3v) is 2.79. The molecule has 0 spiro atoms. The van der Waals surface area contributed by atoms with Crippen LogP contribution in [0.3, 0.4) is 0 Å². The summed E-state index contributed by atoms with van der Waals surface area (Å²) in [5.41, 5.74) is 2.18. The van der Waals surface area contributed by atoms with E-state index in [-0.39, 0.29) is 11.7 Å². The van der Waals surface area contributed by atoms with Crippen LogP contribution in [0.5, 0.6) is 0 Å². The van der Waals surface area contributed by atoms with Crippen molar-refractivity contribution < 1.29 is 4.79 Å². The summed E-state index contributed by atoms with van der Waals surface area (Å²) >= 11 is 0. The molecule has 0 radical (unpaired) electrons. The molecule has 16 heavy (non-hydrogen) atoms. The summed E-state index contributed by atoms with van der Waals surface area (Å²) in [4.78, 5) is 15.4. The van der Waals surface area contributed by atoms with Crippen molar-refractivity contribution in [1.29, 1.82) is 0 Å². The zero-order chi connectivity index (χ0) is 11.5. The van der Waals surface area contributed by atoms with Crippen molar-refractivity contribution >= 4 is 16.7 Å². The minimum atomic E-state index is 0.230. The molecule has 0 saturated heterocycles. The van der Waals surface area contributed by atoms with Gasteiger partial charge in [0.25, 0.3) is 0 Å². The van der Waals surface area contributed by atoms with Gasteiger partial charge in [-0.3, -0.25) is 4.98 Å². The first kappa shape index (κ1) is 10.8. The highest BCUT2D eigenvalue weighted by molar-refractivity contribution is 5.80. The first-order chi connectivity index (χ1) is 7.66. The van der Waals surface area contributed by atoms with Crippen molar-refractivity contribution in [2.24, 2.45) is 0 Å². The number of benzene rings is 1. The van der Waals surface area contributed by atoms with E-state index in [0.717, 1.165) is 10.9 Å². The van der Waals surface area contributed by atoms with E-state index < -0.39 is 0 Å². The Hall–Kier alpha value is -1.70. The predicted octanol–water partition coefficient (Wildman–Crippen LogP) is 3.32. The highest BCUT2D eigenvalue weighted by Crippen LogP contribution is 2.22. The number of hydrogen-bond donors (Lipinski definition) is 0. The van der Waals surface area contributed by atoms with Gasteiger partial charge in [0.1, 0.15) is 5.78 Å². The average Bonchev–Trinajstić information content (AvgIpc) is 2.27. The lowest BCUT2D eigenvalue weighted by molar-refractivity contribution is -0.117.